The molecule has 1 aromatic carbocycles. The van der Waals surface area contributed by atoms with Crippen molar-refractivity contribution in [2.24, 2.45) is 5.73 Å². The van der Waals surface area contributed by atoms with E-state index < -0.39 is 0 Å². The van der Waals surface area contributed by atoms with Crippen LogP contribution in [-0.2, 0) is 0 Å². The lowest BCUT2D eigenvalue weighted by Gasteiger charge is -2.11. The van der Waals surface area contributed by atoms with E-state index in [1.54, 1.807) is 0 Å². The minimum atomic E-state index is 0.0789. The summed E-state index contributed by atoms with van der Waals surface area (Å²) in [5.41, 5.74) is 7.02. The average Bonchev–Trinajstić information content (AvgIpc) is 2.16. The van der Waals surface area contributed by atoms with Crippen molar-refractivity contribution in [1.82, 2.24) is 4.90 Å². The van der Waals surface area contributed by atoms with Gasteiger partial charge >= 0.3 is 0 Å². The van der Waals surface area contributed by atoms with Gasteiger partial charge < -0.3 is 10.6 Å². The van der Waals surface area contributed by atoms with E-state index in [0.29, 0.717) is 0 Å². The predicted octanol–water partition coefficient (Wildman–Crippen LogP) is 3.12. The van der Waals surface area contributed by atoms with Crippen LogP contribution in [0.1, 0.15) is 18.5 Å². The molecule has 90 valence electrons. The third-order valence-electron chi connectivity index (χ3n) is 2.27. The van der Waals surface area contributed by atoms with Crippen LogP contribution in [0.5, 0.6) is 0 Å². The first-order valence-corrected chi connectivity index (χ1v) is 7.11. The number of nitrogens with zero attached hydrogens (tertiary/aromatic N) is 1. The minimum absolute atomic E-state index is 0.0789. The summed E-state index contributed by atoms with van der Waals surface area (Å²) in [4.78, 5) is 3.48. The molecule has 0 spiro atoms. The summed E-state index contributed by atoms with van der Waals surface area (Å²) in [6.07, 6.45) is 0. The molecule has 0 unspecified atom stereocenters. The number of halogens is 1. The van der Waals surface area contributed by atoms with Gasteiger partial charge in [0, 0.05) is 27.7 Å². The van der Waals surface area contributed by atoms with Crippen LogP contribution in [0.4, 0.5) is 0 Å². The van der Waals surface area contributed by atoms with Crippen LogP contribution in [0.3, 0.4) is 0 Å². The van der Waals surface area contributed by atoms with Crippen LogP contribution in [-0.4, -0.2) is 31.3 Å². The van der Waals surface area contributed by atoms with Gasteiger partial charge in [0.1, 0.15) is 0 Å². The molecule has 4 heteroatoms. The third-order valence-corrected chi connectivity index (χ3v) is 3.93. The highest BCUT2D eigenvalue weighted by molar-refractivity contribution is 9.10. The van der Waals surface area contributed by atoms with E-state index in [4.69, 9.17) is 5.73 Å². The summed E-state index contributed by atoms with van der Waals surface area (Å²) < 4.78 is 1.11. The van der Waals surface area contributed by atoms with Crippen LogP contribution in [0.2, 0.25) is 0 Å². The second kappa shape index (κ2) is 6.64. The number of benzene rings is 1. The summed E-state index contributed by atoms with van der Waals surface area (Å²) in [5.74, 6) is 1.11. The Morgan fingerprint density at radius 2 is 2.12 bits per heavy atom. The van der Waals surface area contributed by atoms with Crippen molar-refractivity contribution in [3.05, 3.63) is 28.2 Å². The van der Waals surface area contributed by atoms with Crippen LogP contribution in [0, 0.1) is 0 Å². The van der Waals surface area contributed by atoms with Crippen molar-refractivity contribution >= 4 is 27.7 Å². The molecule has 0 aliphatic rings. The first kappa shape index (κ1) is 14.0. The molecule has 0 aliphatic heterocycles. The number of hydrogen-bond acceptors (Lipinski definition) is 3. The summed E-state index contributed by atoms with van der Waals surface area (Å²) in [7, 11) is 4.19. The van der Waals surface area contributed by atoms with Gasteiger partial charge in [0.15, 0.2) is 0 Å². The molecule has 0 aliphatic carbocycles. The zero-order valence-corrected chi connectivity index (χ0v) is 12.4. The molecule has 2 N–H and O–H groups in total. The van der Waals surface area contributed by atoms with Gasteiger partial charge in [-0.15, -0.1) is 11.8 Å². The monoisotopic (exact) mass is 302 g/mol. The molecular weight excluding hydrogens is 284 g/mol. The lowest BCUT2D eigenvalue weighted by molar-refractivity contribution is 0.437. The number of thioether (sulfide) groups is 1. The van der Waals surface area contributed by atoms with Gasteiger partial charge in [-0.25, -0.2) is 0 Å². The normalized spacial score (nSPS) is 13.1. The maximum Gasteiger partial charge on any atom is 0.0277 e. The molecule has 0 heterocycles. The van der Waals surface area contributed by atoms with Gasteiger partial charge in [0.25, 0.3) is 0 Å². The van der Waals surface area contributed by atoms with E-state index in [0.717, 1.165) is 22.3 Å². The molecule has 0 amide bonds. The second-order valence-electron chi connectivity index (χ2n) is 4.12. The molecule has 1 atom stereocenters. The van der Waals surface area contributed by atoms with E-state index in [1.807, 2.05) is 18.7 Å². The molecule has 1 rings (SSSR count). The van der Waals surface area contributed by atoms with Gasteiger partial charge in [-0.2, -0.15) is 0 Å². The van der Waals surface area contributed by atoms with Crippen molar-refractivity contribution in [3.63, 3.8) is 0 Å². The van der Waals surface area contributed by atoms with Gasteiger partial charge in [0.2, 0.25) is 0 Å². The van der Waals surface area contributed by atoms with Gasteiger partial charge in [0.05, 0.1) is 0 Å². The Balaban J connectivity index is 2.59. The van der Waals surface area contributed by atoms with E-state index in [9.17, 15) is 0 Å². The molecule has 0 saturated carbocycles. The van der Waals surface area contributed by atoms with Crippen molar-refractivity contribution in [3.8, 4) is 0 Å². The zero-order chi connectivity index (χ0) is 12.1. The Morgan fingerprint density at radius 3 is 2.62 bits per heavy atom. The number of hydrogen-bond donors (Lipinski definition) is 1. The number of rotatable bonds is 5. The molecule has 0 radical (unpaired) electrons. The highest BCUT2D eigenvalue weighted by Gasteiger charge is 2.05. The highest BCUT2D eigenvalue weighted by Crippen LogP contribution is 2.27. The maximum atomic E-state index is 5.86. The molecule has 16 heavy (non-hydrogen) atoms. The lowest BCUT2D eigenvalue weighted by atomic mass is 10.1. The summed E-state index contributed by atoms with van der Waals surface area (Å²) in [5, 5.41) is 0. The molecular formula is C12H19BrN2S. The molecule has 0 aromatic heterocycles. The van der Waals surface area contributed by atoms with Crippen molar-refractivity contribution in [2.45, 2.75) is 17.9 Å². The lowest BCUT2D eigenvalue weighted by Crippen LogP contribution is -2.14. The third kappa shape index (κ3) is 4.45. The standard InChI is InChI=1S/C12H19BrN2S/c1-9(14)11-5-4-10(8-12(11)13)16-7-6-15(2)3/h4-5,8-9H,6-7,14H2,1-3H3/t9-/m0/s1. The molecule has 0 saturated heterocycles. The van der Waals surface area contributed by atoms with E-state index in [1.165, 1.54) is 4.90 Å². The first-order chi connectivity index (χ1) is 7.50. The van der Waals surface area contributed by atoms with Crippen LogP contribution in [0.15, 0.2) is 27.6 Å². The SMILES string of the molecule is C[C@H](N)c1ccc(SCCN(C)C)cc1Br. The Bertz CT molecular complexity index is 340. The second-order valence-corrected chi connectivity index (χ2v) is 6.15. The fourth-order valence-electron chi connectivity index (χ4n) is 1.31. The zero-order valence-electron chi connectivity index (χ0n) is 10.0. The van der Waals surface area contributed by atoms with Crippen LogP contribution >= 0.6 is 27.7 Å². The van der Waals surface area contributed by atoms with Crippen molar-refractivity contribution in [2.75, 3.05) is 26.4 Å². The predicted molar refractivity (Wildman–Crippen MR) is 76.0 cm³/mol. The van der Waals surface area contributed by atoms with E-state index in [-0.39, 0.29) is 6.04 Å². The highest BCUT2D eigenvalue weighted by atomic mass is 79.9. The number of nitrogens with two attached hydrogens (primary N) is 1. The van der Waals surface area contributed by atoms with Gasteiger partial charge in [-0.05, 0) is 38.7 Å². The molecule has 2 nitrogen and oxygen atoms in total. The van der Waals surface area contributed by atoms with Gasteiger partial charge in [-0.3, -0.25) is 0 Å². The topological polar surface area (TPSA) is 29.3 Å². The summed E-state index contributed by atoms with van der Waals surface area (Å²) in [6.45, 7) is 3.09. The van der Waals surface area contributed by atoms with Crippen LogP contribution in [0.25, 0.3) is 0 Å². The fourth-order valence-corrected chi connectivity index (χ4v) is 3.26. The minimum Gasteiger partial charge on any atom is -0.324 e. The largest absolute Gasteiger partial charge is 0.324 e. The fraction of sp³-hybridized carbons (Fsp3) is 0.500. The summed E-state index contributed by atoms with van der Waals surface area (Å²) >= 11 is 5.44. The van der Waals surface area contributed by atoms with Crippen molar-refractivity contribution in [1.29, 1.82) is 0 Å². The maximum absolute atomic E-state index is 5.86. The Labute approximate surface area is 111 Å². The molecule has 0 fully saturated rings. The molecule has 1 aromatic rings. The van der Waals surface area contributed by atoms with Gasteiger partial charge in [-0.1, -0.05) is 22.0 Å². The quantitative estimate of drug-likeness (QED) is 0.848. The Kier molecular flexibility index (Phi) is 5.83. The smallest absolute Gasteiger partial charge is 0.0277 e. The Morgan fingerprint density at radius 1 is 1.44 bits per heavy atom. The first-order valence-electron chi connectivity index (χ1n) is 5.33. The van der Waals surface area contributed by atoms with Crippen molar-refractivity contribution < 1.29 is 0 Å². The summed E-state index contributed by atoms with van der Waals surface area (Å²) in [6, 6.07) is 6.48. The van der Waals surface area contributed by atoms with E-state index >= 15 is 0 Å². The van der Waals surface area contributed by atoms with E-state index in [2.05, 4.69) is 53.1 Å². The van der Waals surface area contributed by atoms with Crippen LogP contribution < -0.4 is 5.73 Å². The average molecular weight is 303 g/mol. The molecule has 0 bridgehead atoms. The Hall–Kier alpha value is -0.0300.